The van der Waals surface area contributed by atoms with Crippen LogP contribution >= 0.6 is 11.3 Å². The number of nitrogens with one attached hydrogen (secondary N) is 1. The number of aliphatic hydroxyl groups is 1. The van der Waals surface area contributed by atoms with Gasteiger partial charge in [-0.15, -0.1) is 11.3 Å². The zero-order valence-electron chi connectivity index (χ0n) is 20.1. The van der Waals surface area contributed by atoms with Crippen LogP contribution in [0.1, 0.15) is 37.8 Å². The first-order valence-electron chi connectivity index (χ1n) is 12.0. The Kier molecular flexibility index (Phi) is 8.43. The van der Waals surface area contributed by atoms with Gasteiger partial charge in [-0.1, -0.05) is 62.4 Å². The molecular weight excluding hydrogens is 454 g/mol. The Morgan fingerprint density at radius 3 is 2.63 bits per heavy atom. The second-order valence-electron chi connectivity index (χ2n) is 8.77. The second kappa shape index (κ2) is 11.9. The lowest BCUT2D eigenvalue weighted by Crippen LogP contribution is -2.31. The fourth-order valence-corrected chi connectivity index (χ4v) is 4.78. The number of aromatic nitrogens is 3. The van der Waals surface area contributed by atoms with Crippen LogP contribution in [0.25, 0.3) is 21.6 Å². The van der Waals surface area contributed by atoms with Crippen LogP contribution in [0.15, 0.2) is 60.2 Å². The van der Waals surface area contributed by atoms with Gasteiger partial charge in [0, 0.05) is 35.9 Å². The monoisotopic (exact) mass is 485 g/mol. The Morgan fingerprint density at radius 1 is 1.11 bits per heavy atom. The van der Waals surface area contributed by atoms with Gasteiger partial charge in [0.2, 0.25) is 0 Å². The van der Waals surface area contributed by atoms with Crippen molar-refractivity contribution in [2.75, 3.05) is 11.9 Å². The lowest BCUT2D eigenvalue weighted by Gasteiger charge is -2.14. The van der Waals surface area contributed by atoms with Crippen molar-refractivity contribution < 1.29 is 5.11 Å². The Labute approximate surface area is 210 Å². The number of nitrogens with zero attached hydrogens (tertiary/aromatic N) is 3. The number of aliphatic hydroxyl groups excluding tert-OH is 1. The lowest BCUT2D eigenvalue weighted by atomic mass is 10.00. The number of anilines is 1. The lowest BCUT2D eigenvalue weighted by molar-refractivity contribution is 0.165. The van der Waals surface area contributed by atoms with E-state index >= 15 is 0 Å². The highest BCUT2D eigenvalue weighted by Crippen LogP contribution is 2.32. The average Bonchev–Trinajstić information content (AvgIpc) is 3.30. The summed E-state index contributed by atoms with van der Waals surface area (Å²) in [7, 11) is 0. The van der Waals surface area contributed by atoms with Crippen molar-refractivity contribution >= 4 is 27.4 Å². The Balaban J connectivity index is 1.63. The number of fused-ring (bicyclic) bond motifs is 1. The molecular formula is C28H31N5OS. The number of benzene rings is 1. The topological polar surface area (TPSA) is 97.0 Å². The first-order chi connectivity index (χ1) is 17.0. The number of rotatable bonds is 9. The van der Waals surface area contributed by atoms with E-state index in [0.717, 1.165) is 46.4 Å². The third-order valence-corrected chi connectivity index (χ3v) is 6.84. The van der Waals surface area contributed by atoms with Crippen molar-refractivity contribution in [3.63, 3.8) is 0 Å². The highest BCUT2D eigenvalue weighted by molar-refractivity contribution is 7.18. The molecule has 0 aliphatic carbocycles. The molecule has 3 heterocycles. The van der Waals surface area contributed by atoms with Crippen molar-refractivity contribution in [3.8, 4) is 23.2 Å². The molecule has 4 aromatic rings. The van der Waals surface area contributed by atoms with E-state index in [-0.39, 0.29) is 12.0 Å². The van der Waals surface area contributed by atoms with Crippen molar-refractivity contribution in [2.45, 2.75) is 45.3 Å². The van der Waals surface area contributed by atoms with Gasteiger partial charge >= 0.3 is 0 Å². The molecule has 3 atom stereocenters. The molecule has 35 heavy (non-hydrogen) atoms. The summed E-state index contributed by atoms with van der Waals surface area (Å²) in [6.45, 7) is 4.71. The molecule has 0 fully saturated rings. The summed E-state index contributed by atoms with van der Waals surface area (Å²) in [4.78, 5) is 13.8. The number of nitrogens with two attached hydrogens (primary N) is 1. The van der Waals surface area contributed by atoms with E-state index in [1.54, 1.807) is 23.7 Å². The van der Waals surface area contributed by atoms with Gasteiger partial charge in [0.15, 0.2) is 5.82 Å². The molecule has 0 amide bonds. The standard InChI is InChI=1S/C28H31N5OS/c1-3-7-19(2)24(34)11-10-22-18-35-26-25(22)32-27(21-12-14-30-15-13-21)33-28(26)31-17-23(29)16-20-8-5-4-6-9-20/h4-6,8-9,12-15,18-19,23-24,34H,3,7,16-17,29H2,1-2H3,(H,31,32,33)/t19-,23+,24-/m1/s1. The summed E-state index contributed by atoms with van der Waals surface area (Å²) in [6, 6.07) is 13.9. The van der Waals surface area contributed by atoms with E-state index in [9.17, 15) is 5.11 Å². The van der Waals surface area contributed by atoms with Gasteiger partial charge in [-0.3, -0.25) is 4.98 Å². The number of hydrogen-bond acceptors (Lipinski definition) is 7. The van der Waals surface area contributed by atoms with Crippen LogP contribution < -0.4 is 11.1 Å². The maximum Gasteiger partial charge on any atom is 0.162 e. The van der Waals surface area contributed by atoms with Crippen molar-refractivity contribution in [1.82, 2.24) is 15.0 Å². The third-order valence-electron chi connectivity index (χ3n) is 5.86. The number of pyridine rings is 1. The predicted octanol–water partition coefficient (Wildman–Crippen LogP) is 4.88. The van der Waals surface area contributed by atoms with Crippen LogP contribution in [0.3, 0.4) is 0 Å². The quantitative estimate of drug-likeness (QED) is 0.292. The molecule has 0 spiro atoms. The molecule has 0 saturated carbocycles. The molecule has 1 aromatic carbocycles. The average molecular weight is 486 g/mol. The van der Waals surface area contributed by atoms with Gasteiger partial charge in [-0.05, 0) is 36.5 Å². The SMILES string of the molecule is CCC[C@@H](C)[C@H](O)C#Cc1csc2c(NC[C@@H](N)Cc3ccccc3)nc(-c3ccncc3)nc12. The Morgan fingerprint density at radius 2 is 1.89 bits per heavy atom. The molecule has 3 aromatic heterocycles. The summed E-state index contributed by atoms with van der Waals surface area (Å²) in [5.74, 6) is 7.65. The van der Waals surface area contributed by atoms with Crippen LogP contribution in [0.5, 0.6) is 0 Å². The zero-order chi connectivity index (χ0) is 24.6. The molecule has 6 nitrogen and oxygen atoms in total. The molecule has 0 aliphatic rings. The Bertz CT molecular complexity index is 1300. The van der Waals surface area contributed by atoms with Gasteiger partial charge in [-0.25, -0.2) is 9.97 Å². The minimum atomic E-state index is -0.667. The predicted molar refractivity (Wildman–Crippen MR) is 144 cm³/mol. The van der Waals surface area contributed by atoms with Gasteiger partial charge in [0.25, 0.3) is 0 Å². The first-order valence-corrected chi connectivity index (χ1v) is 12.9. The molecule has 7 heteroatoms. The van der Waals surface area contributed by atoms with Crippen LogP contribution in [0, 0.1) is 17.8 Å². The maximum atomic E-state index is 10.4. The third kappa shape index (κ3) is 6.43. The minimum Gasteiger partial charge on any atom is -0.380 e. The fraction of sp³-hybridized carbons (Fsp3) is 0.321. The van der Waals surface area contributed by atoms with E-state index in [1.807, 2.05) is 42.6 Å². The van der Waals surface area contributed by atoms with Crippen molar-refractivity contribution in [3.05, 3.63) is 71.4 Å². The molecule has 0 radical (unpaired) electrons. The number of hydrogen-bond donors (Lipinski definition) is 3. The zero-order valence-corrected chi connectivity index (χ0v) is 20.9. The maximum absolute atomic E-state index is 10.4. The molecule has 4 rings (SSSR count). The van der Waals surface area contributed by atoms with Crippen molar-refractivity contribution in [2.24, 2.45) is 11.7 Å². The molecule has 4 N–H and O–H groups in total. The molecule has 0 saturated heterocycles. The molecule has 0 aliphatic heterocycles. The van der Waals surface area contributed by atoms with Crippen LogP contribution in [-0.4, -0.2) is 38.7 Å². The van der Waals surface area contributed by atoms with E-state index < -0.39 is 6.10 Å². The first kappa shape index (κ1) is 24.8. The highest BCUT2D eigenvalue weighted by Gasteiger charge is 2.16. The summed E-state index contributed by atoms with van der Waals surface area (Å²) >= 11 is 1.55. The largest absolute Gasteiger partial charge is 0.380 e. The second-order valence-corrected chi connectivity index (χ2v) is 9.65. The van der Waals surface area contributed by atoms with Gasteiger partial charge < -0.3 is 16.2 Å². The highest BCUT2D eigenvalue weighted by atomic mass is 32.1. The van der Waals surface area contributed by atoms with Gasteiger partial charge in [-0.2, -0.15) is 0 Å². The van der Waals surface area contributed by atoms with Crippen LogP contribution in [0.2, 0.25) is 0 Å². The molecule has 0 bridgehead atoms. The number of thiophene rings is 1. The Hall–Kier alpha value is -3.31. The summed E-state index contributed by atoms with van der Waals surface area (Å²) < 4.78 is 0.926. The van der Waals surface area contributed by atoms with Crippen molar-refractivity contribution in [1.29, 1.82) is 0 Å². The van der Waals surface area contributed by atoms with E-state index in [2.05, 4.69) is 41.2 Å². The normalized spacial score (nSPS) is 13.6. The smallest absolute Gasteiger partial charge is 0.162 e. The molecule has 0 unspecified atom stereocenters. The van der Waals surface area contributed by atoms with E-state index in [1.165, 1.54) is 5.56 Å². The van der Waals surface area contributed by atoms with E-state index in [4.69, 9.17) is 15.7 Å². The summed E-state index contributed by atoms with van der Waals surface area (Å²) in [5.41, 5.74) is 10.1. The van der Waals surface area contributed by atoms with Crippen LogP contribution in [-0.2, 0) is 6.42 Å². The van der Waals surface area contributed by atoms with E-state index in [0.29, 0.717) is 12.4 Å². The van der Waals surface area contributed by atoms with Gasteiger partial charge in [0.05, 0.1) is 10.3 Å². The molecule has 180 valence electrons. The minimum absolute atomic E-state index is 0.0683. The fourth-order valence-electron chi connectivity index (χ4n) is 3.88. The summed E-state index contributed by atoms with van der Waals surface area (Å²) in [5, 5.41) is 15.9. The summed E-state index contributed by atoms with van der Waals surface area (Å²) in [6.07, 6.45) is 5.52. The van der Waals surface area contributed by atoms with Crippen LogP contribution in [0.4, 0.5) is 5.82 Å². The van der Waals surface area contributed by atoms with Gasteiger partial charge in [0.1, 0.15) is 17.4 Å².